The maximum atomic E-state index is 13.6. The van der Waals surface area contributed by atoms with Crippen molar-refractivity contribution in [2.75, 3.05) is 19.8 Å². The molecule has 2 aliphatic rings. The van der Waals surface area contributed by atoms with Crippen LogP contribution in [0.1, 0.15) is 16.9 Å². The van der Waals surface area contributed by atoms with E-state index in [-0.39, 0.29) is 5.82 Å². The van der Waals surface area contributed by atoms with Crippen molar-refractivity contribution < 1.29 is 18.4 Å². The quantitative estimate of drug-likeness (QED) is 0.705. The summed E-state index contributed by atoms with van der Waals surface area (Å²) in [7, 11) is 0. The summed E-state index contributed by atoms with van der Waals surface area (Å²) in [4.78, 5) is 2.34. The Morgan fingerprint density at radius 1 is 1.04 bits per heavy atom. The van der Waals surface area contributed by atoms with Gasteiger partial charge >= 0.3 is 0 Å². The molecule has 0 bridgehead atoms. The number of halogens is 1. The van der Waals surface area contributed by atoms with E-state index in [0.717, 1.165) is 60.1 Å². The molecule has 6 heteroatoms. The van der Waals surface area contributed by atoms with Crippen LogP contribution < -0.4 is 9.47 Å². The van der Waals surface area contributed by atoms with Gasteiger partial charge in [0.15, 0.2) is 11.5 Å². The molecule has 0 saturated heterocycles. The van der Waals surface area contributed by atoms with Crippen LogP contribution in [0.25, 0.3) is 11.3 Å². The Hall–Kier alpha value is -2.86. The molecular formula is C21H19FN2O3. The molecule has 2 aliphatic heterocycles. The summed E-state index contributed by atoms with van der Waals surface area (Å²) < 4.78 is 30.4. The third-order valence-electron chi connectivity index (χ3n) is 5.02. The van der Waals surface area contributed by atoms with Crippen molar-refractivity contribution >= 4 is 0 Å². The van der Waals surface area contributed by atoms with Crippen LogP contribution in [0, 0.1) is 5.82 Å². The summed E-state index contributed by atoms with van der Waals surface area (Å²) >= 11 is 0. The Bertz CT molecular complexity index is 985. The first-order valence-electron chi connectivity index (χ1n) is 9.10. The molecule has 138 valence electrons. The van der Waals surface area contributed by atoms with Crippen LogP contribution in [0.15, 0.2) is 47.0 Å². The average molecular weight is 366 g/mol. The fourth-order valence-corrected chi connectivity index (χ4v) is 3.71. The highest BCUT2D eigenvalue weighted by molar-refractivity contribution is 5.63. The Morgan fingerprint density at radius 3 is 2.81 bits per heavy atom. The monoisotopic (exact) mass is 366 g/mol. The fourth-order valence-electron chi connectivity index (χ4n) is 3.71. The molecule has 27 heavy (non-hydrogen) atoms. The van der Waals surface area contributed by atoms with E-state index in [4.69, 9.17) is 14.0 Å². The summed E-state index contributed by atoms with van der Waals surface area (Å²) in [6.07, 6.45) is 0.794. The van der Waals surface area contributed by atoms with Crippen molar-refractivity contribution in [2.45, 2.75) is 19.5 Å². The molecule has 0 amide bonds. The number of fused-ring (bicyclic) bond motifs is 2. The highest BCUT2D eigenvalue weighted by atomic mass is 19.1. The zero-order valence-electron chi connectivity index (χ0n) is 14.8. The molecule has 1 aromatic heterocycles. The Kier molecular flexibility index (Phi) is 4.05. The molecular weight excluding hydrogens is 347 g/mol. The van der Waals surface area contributed by atoms with Crippen molar-refractivity contribution in [3.05, 3.63) is 65.2 Å². The number of hydrogen-bond acceptors (Lipinski definition) is 5. The van der Waals surface area contributed by atoms with Gasteiger partial charge in [-0.25, -0.2) is 4.39 Å². The van der Waals surface area contributed by atoms with Crippen LogP contribution in [0.3, 0.4) is 0 Å². The van der Waals surface area contributed by atoms with E-state index in [2.05, 4.69) is 16.1 Å². The molecule has 5 rings (SSSR count). The number of hydrogen-bond donors (Lipinski definition) is 0. The van der Waals surface area contributed by atoms with E-state index in [1.807, 2.05) is 18.2 Å². The maximum Gasteiger partial charge on any atom is 0.161 e. The van der Waals surface area contributed by atoms with Gasteiger partial charge in [-0.15, -0.1) is 0 Å². The van der Waals surface area contributed by atoms with E-state index in [1.54, 1.807) is 6.07 Å². The van der Waals surface area contributed by atoms with E-state index < -0.39 is 0 Å². The van der Waals surface area contributed by atoms with Gasteiger partial charge in [0.25, 0.3) is 0 Å². The summed E-state index contributed by atoms with van der Waals surface area (Å²) in [5.41, 5.74) is 3.70. The van der Waals surface area contributed by atoms with Crippen molar-refractivity contribution in [3.63, 3.8) is 0 Å². The number of aromatic nitrogens is 1. The standard InChI is InChI=1S/C21H19FN2O3/c22-16-3-1-2-15(11-16)21-17-13-24(7-6-18(17)27-23-21)12-14-4-5-19-20(10-14)26-9-8-25-19/h1-5,10-11H,6-9,12-13H2. The van der Waals surface area contributed by atoms with E-state index in [0.29, 0.717) is 13.2 Å². The number of benzene rings is 2. The topological polar surface area (TPSA) is 47.7 Å². The Morgan fingerprint density at radius 2 is 1.93 bits per heavy atom. The second-order valence-electron chi connectivity index (χ2n) is 6.88. The fraction of sp³-hybridized carbons (Fsp3) is 0.286. The molecule has 3 heterocycles. The van der Waals surface area contributed by atoms with E-state index in [1.165, 1.54) is 17.7 Å². The number of rotatable bonds is 3. The minimum Gasteiger partial charge on any atom is -0.486 e. The van der Waals surface area contributed by atoms with E-state index in [9.17, 15) is 4.39 Å². The number of ether oxygens (including phenoxy) is 2. The van der Waals surface area contributed by atoms with Gasteiger partial charge in [-0.2, -0.15) is 0 Å². The summed E-state index contributed by atoms with van der Waals surface area (Å²) in [6.45, 7) is 3.58. The highest BCUT2D eigenvalue weighted by Gasteiger charge is 2.25. The molecule has 0 unspecified atom stereocenters. The summed E-state index contributed by atoms with van der Waals surface area (Å²) in [5.74, 6) is 2.24. The SMILES string of the molecule is Fc1cccc(-c2noc3c2CN(Cc2ccc4c(c2)OCCO4)CC3)c1. The lowest BCUT2D eigenvalue weighted by molar-refractivity contribution is 0.170. The molecule has 0 aliphatic carbocycles. The molecule has 0 atom stereocenters. The third-order valence-corrected chi connectivity index (χ3v) is 5.02. The first kappa shape index (κ1) is 16.3. The largest absolute Gasteiger partial charge is 0.486 e. The summed E-state index contributed by atoms with van der Waals surface area (Å²) in [5, 5.41) is 4.20. The zero-order valence-corrected chi connectivity index (χ0v) is 14.8. The van der Waals surface area contributed by atoms with Crippen LogP contribution in [0.4, 0.5) is 4.39 Å². The van der Waals surface area contributed by atoms with Gasteiger partial charge in [0.05, 0.1) is 0 Å². The van der Waals surface area contributed by atoms with Gasteiger partial charge in [0.2, 0.25) is 0 Å². The molecule has 0 spiro atoms. The Labute approximate surface area is 156 Å². The molecule has 2 aromatic carbocycles. The molecule has 3 aromatic rings. The van der Waals surface area contributed by atoms with Gasteiger partial charge in [-0.3, -0.25) is 4.90 Å². The van der Waals surface area contributed by atoms with Crippen molar-refractivity contribution in [3.8, 4) is 22.8 Å². The smallest absolute Gasteiger partial charge is 0.161 e. The van der Waals surface area contributed by atoms with Gasteiger partial charge in [-0.1, -0.05) is 23.4 Å². The van der Waals surface area contributed by atoms with Crippen LogP contribution in [0.5, 0.6) is 11.5 Å². The lowest BCUT2D eigenvalue weighted by atomic mass is 10.0. The average Bonchev–Trinajstić information content (AvgIpc) is 3.11. The van der Waals surface area contributed by atoms with Crippen molar-refractivity contribution in [1.29, 1.82) is 0 Å². The number of nitrogens with zero attached hydrogens (tertiary/aromatic N) is 2. The van der Waals surface area contributed by atoms with Crippen molar-refractivity contribution in [1.82, 2.24) is 10.1 Å². The van der Waals surface area contributed by atoms with E-state index >= 15 is 0 Å². The molecule has 0 radical (unpaired) electrons. The normalized spacial score (nSPS) is 16.2. The second kappa shape index (κ2) is 6.70. The predicted octanol–water partition coefficient (Wildman–Crippen LogP) is 3.81. The molecule has 0 N–H and O–H groups in total. The van der Waals surface area contributed by atoms with Crippen molar-refractivity contribution in [2.24, 2.45) is 0 Å². The minimum absolute atomic E-state index is 0.270. The predicted molar refractivity (Wildman–Crippen MR) is 97.1 cm³/mol. The van der Waals surface area contributed by atoms with Gasteiger partial charge in [0.1, 0.15) is 30.5 Å². The second-order valence-corrected chi connectivity index (χ2v) is 6.88. The first-order chi connectivity index (χ1) is 13.3. The lowest BCUT2D eigenvalue weighted by Crippen LogP contribution is -2.29. The van der Waals surface area contributed by atoms with Crippen LogP contribution in [0.2, 0.25) is 0 Å². The zero-order chi connectivity index (χ0) is 18.2. The molecule has 5 nitrogen and oxygen atoms in total. The first-order valence-corrected chi connectivity index (χ1v) is 9.10. The van der Waals surface area contributed by atoms with Crippen LogP contribution >= 0.6 is 0 Å². The lowest BCUT2D eigenvalue weighted by Gasteiger charge is -2.27. The third kappa shape index (κ3) is 3.17. The molecule has 0 fully saturated rings. The van der Waals surface area contributed by atoms with Crippen LogP contribution in [-0.2, 0) is 19.5 Å². The highest BCUT2D eigenvalue weighted by Crippen LogP contribution is 2.33. The molecule has 0 saturated carbocycles. The van der Waals surface area contributed by atoms with Gasteiger partial charge in [0, 0.05) is 37.2 Å². The minimum atomic E-state index is -0.270. The summed E-state index contributed by atoms with van der Waals surface area (Å²) in [6, 6.07) is 12.6. The van der Waals surface area contributed by atoms with Gasteiger partial charge in [-0.05, 0) is 29.8 Å². The van der Waals surface area contributed by atoms with Crippen LogP contribution in [-0.4, -0.2) is 29.8 Å². The Balaban J connectivity index is 1.37. The maximum absolute atomic E-state index is 13.6. The van der Waals surface area contributed by atoms with Gasteiger partial charge < -0.3 is 14.0 Å².